The second-order valence-electron chi connectivity index (χ2n) is 4.90. The van der Waals surface area contributed by atoms with Crippen LogP contribution in [0.25, 0.3) is 0 Å². The first-order valence-corrected chi connectivity index (χ1v) is 5.98. The zero-order valence-electron chi connectivity index (χ0n) is 10.00. The molecule has 0 aliphatic carbocycles. The second kappa shape index (κ2) is 5.10. The van der Waals surface area contributed by atoms with E-state index >= 15 is 0 Å². The maximum atomic E-state index is 13.5. The molecule has 2 atom stereocenters. The van der Waals surface area contributed by atoms with Crippen LogP contribution in [0.3, 0.4) is 0 Å². The van der Waals surface area contributed by atoms with Gasteiger partial charge in [0.1, 0.15) is 11.6 Å². The quantitative estimate of drug-likeness (QED) is 0.858. The standard InChI is InChI=1S/C13H18F2N2/c1-9-7-17(5-4-13(9)16)8-10-2-3-11(14)6-12(10)15/h2-3,6,9,13H,4-5,7-8,16H2,1H3. The molecule has 1 fully saturated rings. The van der Waals surface area contributed by atoms with Crippen molar-refractivity contribution in [2.75, 3.05) is 13.1 Å². The topological polar surface area (TPSA) is 29.3 Å². The Kier molecular flexibility index (Phi) is 3.74. The molecule has 1 heterocycles. The average molecular weight is 240 g/mol. The van der Waals surface area contributed by atoms with E-state index in [0.717, 1.165) is 25.6 Å². The van der Waals surface area contributed by atoms with Gasteiger partial charge in [0, 0.05) is 30.8 Å². The molecule has 0 radical (unpaired) electrons. The zero-order chi connectivity index (χ0) is 12.4. The Balaban J connectivity index is 2.01. The number of benzene rings is 1. The lowest BCUT2D eigenvalue weighted by atomic mass is 9.94. The molecule has 94 valence electrons. The van der Waals surface area contributed by atoms with Gasteiger partial charge in [-0.25, -0.2) is 8.78 Å². The highest BCUT2D eigenvalue weighted by molar-refractivity contribution is 5.18. The molecule has 2 nitrogen and oxygen atoms in total. The van der Waals surface area contributed by atoms with Gasteiger partial charge in [-0.1, -0.05) is 13.0 Å². The summed E-state index contributed by atoms with van der Waals surface area (Å²) in [4.78, 5) is 2.17. The van der Waals surface area contributed by atoms with Crippen molar-refractivity contribution in [2.45, 2.75) is 25.9 Å². The summed E-state index contributed by atoms with van der Waals surface area (Å²) >= 11 is 0. The SMILES string of the molecule is CC1CN(Cc2ccc(F)cc2F)CCC1N. The minimum Gasteiger partial charge on any atom is -0.327 e. The Morgan fingerprint density at radius 2 is 2.18 bits per heavy atom. The molecule has 2 unspecified atom stereocenters. The third-order valence-corrected chi connectivity index (χ3v) is 3.46. The van der Waals surface area contributed by atoms with Crippen LogP contribution < -0.4 is 5.73 Å². The molecule has 4 heteroatoms. The Hall–Kier alpha value is -1.00. The van der Waals surface area contributed by atoms with Gasteiger partial charge in [-0.3, -0.25) is 4.90 Å². The van der Waals surface area contributed by atoms with Crippen LogP contribution in [0.2, 0.25) is 0 Å². The Bertz CT molecular complexity index is 395. The molecule has 1 aromatic rings. The lowest BCUT2D eigenvalue weighted by molar-refractivity contribution is 0.156. The minimum atomic E-state index is -0.528. The summed E-state index contributed by atoms with van der Waals surface area (Å²) in [5.74, 6) is -0.569. The lowest BCUT2D eigenvalue weighted by Crippen LogP contribution is -2.45. The number of hydrogen-bond acceptors (Lipinski definition) is 2. The van der Waals surface area contributed by atoms with Crippen molar-refractivity contribution in [3.63, 3.8) is 0 Å². The summed E-state index contributed by atoms with van der Waals surface area (Å²) < 4.78 is 26.3. The maximum Gasteiger partial charge on any atom is 0.130 e. The van der Waals surface area contributed by atoms with E-state index in [-0.39, 0.29) is 6.04 Å². The smallest absolute Gasteiger partial charge is 0.130 e. The molecular weight excluding hydrogens is 222 g/mol. The van der Waals surface area contributed by atoms with E-state index < -0.39 is 11.6 Å². The predicted octanol–water partition coefficient (Wildman–Crippen LogP) is 2.13. The highest BCUT2D eigenvalue weighted by Crippen LogP contribution is 2.19. The zero-order valence-corrected chi connectivity index (χ0v) is 10.00. The van der Waals surface area contributed by atoms with Crippen molar-refractivity contribution in [2.24, 2.45) is 11.7 Å². The van der Waals surface area contributed by atoms with Gasteiger partial charge in [0.05, 0.1) is 0 Å². The first kappa shape index (κ1) is 12.5. The molecule has 0 saturated carbocycles. The number of nitrogens with two attached hydrogens (primary N) is 1. The van der Waals surface area contributed by atoms with Gasteiger partial charge < -0.3 is 5.73 Å². The molecule has 2 N–H and O–H groups in total. The van der Waals surface area contributed by atoms with Crippen molar-refractivity contribution < 1.29 is 8.78 Å². The molecule has 1 aliphatic rings. The van der Waals surface area contributed by atoms with E-state index in [2.05, 4.69) is 11.8 Å². The number of piperidine rings is 1. The average Bonchev–Trinajstić information content (AvgIpc) is 2.27. The van der Waals surface area contributed by atoms with Gasteiger partial charge in [-0.2, -0.15) is 0 Å². The minimum absolute atomic E-state index is 0.240. The van der Waals surface area contributed by atoms with Gasteiger partial charge in [0.15, 0.2) is 0 Å². The summed E-state index contributed by atoms with van der Waals surface area (Å²) in [7, 11) is 0. The van der Waals surface area contributed by atoms with Crippen LogP contribution in [-0.4, -0.2) is 24.0 Å². The fraction of sp³-hybridized carbons (Fsp3) is 0.538. The van der Waals surface area contributed by atoms with Crippen LogP contribution in [0.1, 0.15) is 18.9 Å². The van der Waals surface area contributed by atoms with Crippen molar-refractivity contribution in [1.29, 1.82) is 0 Å². The predicted molar refractivity (Wildman–Crippen MR) is 63.4 cm³/mol. The van der Waals surface area contributed by atoms with Crippen LogP contribution in [0.4, 0.5) is 8.78 Å². The van der Waals surface area contributed by atoms with E-state index in [1.54, 1.807) is 0 Å². The van der Waals surface area contributed by atoms with Gasteiger partial charge in [0.25, 0.3) is 0 Å². The molecule has 0 bridgehead atoms. The number of nitrogens with zero attached hydrogens (tertiary/aromatic N) is 1. The fourth-order valence-corrected chi connectivity index (χ4v) is 2.28. The van der Waals surface area contributed by atoms with Gasteiger partial charge in [-0.05, 0) is 24.9 Å². The first-order valence-electron chi connectivity index (χ1n) is 5.98. The van der Waals surface area contributed by atoms with E-state index in [1.165, 1.54) is 12.1 Å². The van der Waals surface area contributed by atoms with Crippen LogP contribution >= 0.6 is 0 Å². The summed E-state index contributed by atoms with van der Waals surface area (Å²) in [5, 5.41) is 0. The van der Waals surface area contributed by atoms with Crippen LogP contribution in [-0.2, 0) is 6.54 Å². The normalized spacial score (nSPS) is 26.1. The monoisotopic (exact) mass is 240 g/mol. The number of hydrogen-bond donors (Lipinski definition) is 1. The first-order chi connectivity index (χ1) is 8.06. The third-order valence-electron chi connectivity index (χ3n) is 3.46. The van der Waals surface area contributed by atoms with E-state index in [0.29, 0.717) is 18.0 Å². The fourth-order valence-electron chi connectivity index (χ4n) is 2.28. The molecule has 1 aliphatic heterocycles. The molecule has 1 saturated heterocycles. The number of rotatable bonds is 2. The Morgan fingerprint density at radius 3 is 2.82 bits per heavy atom. The highest BCUT2D eigenvalue weighted by Gasteiger charge is 2.23. The van der Waals surface area contributed by atoms with E-state index in [9.17, 15) is 8.78 Å². The summed E-state index contributed by atoms with van der Waals surface area (Å²) in [6.07, 6.45) is 0.935. The number of halogens is 2. The van der Waals surface area contributed by atoms with Gasteiger partial charge in [-0.15, -0.1) is 0 Å². The van der Waals surface area contributed by atoms with Crippen LogP contribution in [0.15, 0.2) is 18.2 Å². The second-order valence-corrected chi connectivity index (χ2v) is 4.90. The highest BCUT2D eigenvalue weighted by atomic mass is 19.1. The Morgan fingerprint density at radius 1 is 1.41 bits per heavy atom. The lowest BCUT2D eigenvalue weighted by Gasteiger charge is -2.35. The molecule has 0 spiro atoms. The van der Waals surface area contributed by atoms with Crippen LogP contribution in [0, 0.1) is 17.6 Å². The summed E-state index contributed by atoms with van der Waals surface area (Å²) in [6, 6.07) is 4.00. The van der Waals surface area contributed by atoms with Crippen molar-refractivity contribution in [1.82, 2.24) is 4.90 Å². The van der Waals surface area contributed by atoms with Crippen molar-refractivity contribution in [3.05, 3.63) is 35.4 Å². The molecule has 1 aromatic carbocycles. The summed E-state index contributed by atoms with van der Waals surface area (Å²) in [5.41, 5.74) is 6.48. The molecular formula is C13H18F2N2. The summed E-state index contributed by atoms with van der Waals surface area (Å²) in [6.45, 7) is 4.39. The van der Waals surface area contributed by atoms with Crippen LogP contribution in [0.5, 0.6) is 0 Å². The molecule has 0 amide bonds. The Labute approximate surface area is 100 Å². The molecule has 0 aromatic heterocycles. The van der Waals surface area contributed by atoms with Gasteiger partial charge in [0.2, 0.25) is 0 Å². The van der Waals surface area contributed by atoms with Crippen molar-refractivity contribution in [3.8, 4) is 0 Å². The maximum absolute atomic E-state index is 13.5. The number of likely N-dealkylation sites (tertiary alicyclic amines) is 1. The van der Waals surface area contributed by atoms with E-state index in [1.807, 2.05) is 0 Å². The third kappa shape index (κ3) is 3.01. The molecule has 17 heavy (non-hydrogen) atoms. The largest absolute Gasteiger partial charge is 0.327 e. The molecule has 2 rings (SSSR count). The van der Waals surface area contributed by atoms with Gasteiger partial charge >= 0.3 is 0 Å². The van der Waals surface area contributed by atoms with Crippen molar-refractivity contribution >= 4 is 0 Å². The van der Waals surface area contributed by atoms with E-state index in [4.69, 9.17) is 5.73 Å².